The first-order valence-corrected chi connectivity index (χ1v) is 12.8. The van der Waals surface area contributed by atoms with Crippen molar-refractivity contribution in [2.24, 2.45) is 17.4 Å². The number of nitrogens with one attached hydrogen (secondary N) is 4. The second-order valence-electron chi connectivity index (χ2n) is 9.67. The van der Waals surface area contributed by atoms with E-state index in [1.807, 2.05) is 25.1 Å². The molecular formula is C26H38N6O7. The molecule has 0 spiro atoms. The number of primary amides is 1. The molecule has 0 bridgehead atoms. The molecule has 1 aromatic carbocycles. The van der Waals surface area contributed by atoms with Gasteiger partial charge in [-0.05, 0) is 30.9 Å². The van der Waals surface area contributed by atoms with E-state index in [1.54, 1.807) is 19.2 Å². The zero-order valence-electron chi connectivity index (χ0n) is 22.3. The van der Waals surface area contributed by atoms with E-state index in [4.69, 9.17) is 11.5 Å². The molecule has 0 aliphatic heterocycles. The second kappa shape index (κ2) is 14.3. The first kappa shape index (κ1) is 31.2. The molecule has 13 nitrogen and oxygen atoms in total. The van der Waals surface area contributed by atoms with Crippen LogP contribution in [0, 0.1) is 5.92 Å². The zero-order valence-corrected chi connectivity index (χ0v) is 22.3. The van der Waals surface area contributed by atoms with Crippen LogP contribution in [0.2, 0.25) is 0 Å². The van der Waals surface area contributed by atoms with E-state index in [1.165, 1.54) is 6.92 Å². The van der Waals surface area contributed by atoms with Crippen molar-refractivity contribution in [3.63, 3.8) is 0 Å². The number of aliphatic hydroxyl groups excluding tert-OH is 1. The normalized spacial score (nSPS) is 15.8. The Morgan fingerprint density at radius 1 is 0.974 bits per heavy atom. The SMILES string of the molecule is CCC(C)C(N)C(=O)NC(C(=O)NC(Cc1c[nH]c2ccccc12)C(=O)NC(CCC(N)=O)C(=O)O)C(C)O. The standard InChI is InChI=1S/C26H38N6O7/c1-4-13(2)21(28)24(36)32-22(14(3)33)25(37)31-19(11-15-12-29-17-8-6-5-7-16(15)17)23(35)30-18(26(38)39)9-10-20(27)34/h5-8,12-14,18-19,21-22,29,33H,4,9-11,28H2,1-3H3,(H2,27,34)(H,30,35)(H,31,37)(H,32,36)(H,38,39). The number of amides is 4. The van der Waals surface area contributed by atoms with Gasteiger partial charge in [-0.25, -0.2) is 4.79 Å². The van der Waals surface area contributed by atoms with Crippen LogP contribution >= 0.6 is 0 Å². The van der Waals surface area contributed by atoms with E-state index in [9.17, 15) is 34.2 Å². The summed E-state index contributed by atoms with van der Waals surface area (Å²) >= 11 is 0. The van der Waals surface area contributed by atoms with E-state index >= 15 is 0 Å². The number of carbonyl (C=O) groups is 5. The van der Waals surface area contributed by atoms with Gasteiger partial charge in [-0.15, -0.1) is 0 Å². The fourth-order valence-corrected chi connectivity index (χ4v) is 3.97. The number of rotatable bonds is 15. The molecule has 1 heterocycles. The zero-order chi connectivity index (χ0) is 29.3. The van der Waals surface area contributed by atoms with Gasteiger partial charge in [0.05, 0.1) is 12.1 Å². The van der Waals surface area contributed by atoms with Gasteiger partial charge >= 0.3 is 5.97 Å². The van der Waals surface area contributed by atoms with E-state index < -0.39 is 59.9 Å². The molecule has 0 radical (unpaired) electrons. The van der Waals surface area contributed by atoms with Crippen molar-refractivity contribution >= 4 is 40.5 Å². The fraction of sp³-hybridized carbons (Fsp3) is 0.500. The molecule has 4 amide bonds. The number of carbonyl (C=O) groups excluding carboxylic acids is 4. The minimum Gasteiger partial charge on any atom is -0.480 e. The molecule has 6 atom stereocenters. The van der Waals surface area contributed by atoms with E-state index in [2.05, 4.69) is 20.9 Å². The number of aliphatic hydroxyl groups is 1. The van der Waals surface area contributed by atoms with E-state index in [0.29, 0.717) is 12.0 Å². The fourth-order valence-electron chi connectivity index (χ4n) is 3.97. The lowest BCUT2D eigenvalue weighted by atomic mass is 9.98. The van der Waals surface area contributed by atoms with Crippen molar-refractivity contribution in [3.8, 4) is 0 Å². The average Bonchev–Trinajstić information content (AvgIpc) is 3.30. The smallest absolute Gasteiger partial charge is 0.326 e. The number of para-hydroxylation sites is 1. The number of carboxylic acids is 1. The van der Waals surface area contributed by atoms with Gasteiger partial charge in [-0.3, -0.25) is 19.2 Å². The Morgan fingerprint density at radius 3 is 2.21 bits per heavy atom. The highest BCUT2D eigenvalue weighted by atomic mass is 16.4. The largest absolute Gasteiger partial charge is 0.480 e. The molecule has 0 saturated carbocycles. The molecule has 0 aliphatic carbocycles. The Labute approximate surface area is 226 Å². The maximum atomic E-state index is 13.3. The van der Waals surface area contributed by atoms with Gasteiger partial charge in [0.2, 0.25) is 23.6 Å². The molecule has 0 aliphatic rings. The monoisotopic (exact) mass is 546 g/mol. The quantitative estimate of drug-likeness (QED) is 0.142. The van der Waals surface area contributed by atoms with Gasteiger partial charge in [0.15, 0.2) is 0 Å². The van der Waals surface area contributed by atoms with E-state index in [0.717, 1.165) is 10.9 Å². The van der Waals surface area contributed by atoms with Crippen LogP contribution in [0.3, 0.4) is 0 Å². The lowest BCUT2D eigenvalue weighted by molar-refractivity contribution is -0.142. The summed E-state index contributed by atoms with van der Waals surface area (Å²) in [7, 11) is 0. The van der Waals surface area contributed by atoms with Crippen LogP contribution in [0.4, 0.5) is 0 Å². The van der Waals surface area contributed by atoms with Gasteiger partial charge in [0.1, 0.15) is 18.1 Å². The Kier molecular flexibility index (Phi) is 11.4. The summed E-state index contributed by atoms with van der Waals surface area (Å²) in [6, 6.07) is 2.19. The van der Waals surface area contributed by atoms with Gasteiger partial charge in [0, 0.05) is 29.9 Å². The molecule has 10 N–H and O–H groups in total. The number of aromatic amines is 1. The molecule has 2 rings (SSSR count). The van der Waals surface area contributed by atoms with Gasteiger partial charge < -0.3 is 42.6 Å². The molecule has 13 heteroatoms. The van der Waals surface area contributed by atoms with Crippen LogP contribution in [0.15, 0.2) is 30.5 Å². The number of benzene rings is 1. The topological polar surface area (TPSA) is 230 Å². The predicted octanol–water partition coefficient (Wildman–Crippen LogP) is -0.731. The van der Waals surface area contributed by atoms with Crippen molar-refractivity contribution in [1.82, 2.24) is 20.9 Å². The lowest BCUT2D eigenvalue weighted by Gasteiger charge is -2.27. The van der Waals surface area contributed by atoms with Crippen LogP contribution in [0.5, 0.6) is 0 Å². The van der Waals surface area contributed by atoms with Crippen LogP contribution in [0.25, 0.3) is 10.9 Å². The number of carboxylic acid groups (broad SMARTS) is 1. The molecule has 214 valence electrons. The van der Waals surface area contributed by atoms with Crippen molar-refractivity contribution in [2.75, 3.05) is 0 Å². The van der Waals surface area contributed by atoms with Crippen LogP contribution in [-0.4, -0.2) is 75.1 Å². The van der Waals surface area contributed by atoms with Crippen LogP contribution in [-0.2, 0) is 30.4 Å². The third kappa shape index (κ3) is 8.79. The molecule has 1 aromatic heterocycles. The number of hydrogen-bond acceptors (Lipinski definition) is 7. The molecule has 2 aromatic rings. The maximum absolute atomic E-state index is 13.3. The van der Waals surface area contributed by atoms with Crippen molar-refractivity contribution in [2.45, 2.75) is 76.7 Å². The lowest BCUT2D eigenvalue weighted by Crippen LogP contribution is -2.60. The highest BCUT2D eigenvalue weighted by Crippen LogP contribution is 2.19. The Hall–Kier alpha value is -3.97. The summed E-state index contributed by atoms with van der Waals surface area (Å²) < 4.78 is 0. The number of hydrogen-bond donors (Lipinski definition) is 8. The Bertz CT molecular complexity index is 1180. The van der Waals surface area contributed by atoms with Crippen molar-refractivity contribution in [3.05, 3.63) is 36.0 Å². The first-order valence-electron chi connectivity index (χ1n) is 12.8. The predicted molar refractivity (Wildman–Crippen MR) is 143 cm³/mol. The van der Waals surface area contributed by atoms with Gasteiger partial charge in [0.25, 0.3) is 0 Å². The third-order valence-corrected chi connectivity index (χ3v) is 6.65. The molecule has 0 saturated heterocycles. The molecule has 39 heavy (non-hydrogen) atoms. The Morgan fingerprint density at radius 2 is 1.62 bits per heavy atom. The third-order valence-electron chi connectivity index (χ3n) is 6.65. The van der Waals surface area contributed by atoms with Crippen molar-refractivity contribution < 1.29 is 34.2 Å². The van der Waals surface area contributed by atoms with E-state index in [-0.39, 0.29) is 25.2 Å². The number of fused-ring (bicyclic) bond motifs is 1. The highest BCUT2D eigenvalue weighted by molar-refractivity contribution is 5.95. The minimum atomic E-state index is -1.44. The Balaban J connectivity index is 2.31. The average molecular weight is 547 g/mol. The summed E-state index contributed by atoms with van der Waals surface area (Å²) in [4.78, 5) is 65.0. The summed E-state index contributed by atoms with van der Waals surface area (Å²) in [5.74, 6) is -4.63. The summed E-state index contributed by atoms with van der Waals surface area (Å²) in [5, 5.41) is 27.9. The van der Waals surface area contributed by atoms with Crippen LogP contribution < -0.4 is 27.4 Å². The number of aliphatic carboxylic acids is 1. The number of H-pyrrole nitrogens is 1. The number of aromatic nitrogens is 1. The van der Waals surface area contributed by atoms with Gasteiger partial charge in [-0.2, -0.15) is 0 Å². The first-order chi connectivity index (χ1) is 18.3. The number of nitrogens with two attached hydrogens (primary N) is 2. The highest BCUT2D eigenvalue weighted by Gasteiger charge is 2.33. The van der Waals surface area contributed by atoms with Gasteiger partial charge in [-0.1, -0.05) is 38.5 Å². The maximum Gasteiger partial charge on any atom is 0.326 e. The summed E-state index contributed by atoms with van der Waals surface area (Å²) in [6.07, 6.45) is 0.382. The molecular weight excluding hydrogens is 508 g/mol. The second-order valence-corrected chi connectivity index (χ2v) is 9.67. The van der Waals surface area contributed by atoms with Crippen LogP contribution in [0.1, 0.15) is 45.6 Å². The molecule has 0 fully saturated rings. The summed E-state index contributed by atoms with van der Waals surface area (Å²) in [5.41, 5.74) is 12.5. The molecule has 6 unspecified atom stereocenters. The summed E-state index contributed by atoms with van der Waals surface area (Å²) in [6.45, 7) is 4.94. The minimum absolute atomic E-state index is 0.0450. The van der Waals surface area contributed by atoms with Crippen molar-refractivity contribution in [1.29, 1.82) is 0 Å².